The van der Waals surface area contributed by atoms with Crippen LogP contribution in [0, 0.1) is 5.41 Å². The van der Waals surface area contributed by atoms with Crippen molar-refractivity contribution in [3.63, 3.8) is 0 Å². The van der Waals surface area contributed by atoms with E-state index in [1.165, 1.54) is 5.56 Å². The van der Waals surface area contributed by atoms with Gasteiger partial charge < -0.3 is 10.2 Å². The number of benzene rings is 1. The van der Waals surface area contributed by atoms with Crippen LogP contribution < -0.4 is 5.32 Å². The van der Waals surface area contributed by atoms with E-state index in [1.807, 2.05) is 32.9 Å². The van der Waals surface area contributed by atoms with E-state index in [0.717, 1.165) is 12.0 Å². The highest BCUT2D eigenvalue weighted by Gasteiger charge is 2.39. The molecule has 1 aliphatic heterocycles. The zero-order valence-corrected chi connectivity index (χ0v) is 13.3. The predicted molar refractivity (Wildman–Crippen MR) is 82.6 cm³/mol. The molecule has 4 nitrogen and oxygen atoms in total. The first-order chi connectivity index (χ1) is 9.81. The average Bonchev–Trinajstić information content (AvgIpc) is 2.42. The van der Waals surface area contributed by atoms with Crippen LogP contribution in [-0.4, -0.2) is 29.3 Å². The smallest absolute Gasteiger partial charge is 0.246 e. The predicted octanol–water partition coefficient (Wildman–Crippen LogP) is 2.12. The third-order valence-corrected chi connectivity index (χ3v) is 3.87. The van der Waals surface area contributed by atoms with Gasteiger partial charge in [-0.3, -0.25) is 9.59 Å². The van der Waals surface area contributed by atoms with E-state index < -0.39 is 6.04 Å². The quantitative estimate of drug-likeness (QED) is 0.926. The van der Waals surface area contributed by atoms with Crippen molar-refractivity contribution in [1.29, 1.82) is 0 Å². The highest BCUT2D eigenvalue weighted by atomic mass is 16.2. The minimum atomic E-state index is -0.450. The summed E-state index contributed by atoms with van der Waals surface area (Å²) in [5.74, 6) is -0.0821. The van der Waals surface area contributed by atoms with E-state index in [4.69, 9.17) is 0 Å². The molecule has 0 bridgehead atoms. The fourth-order valence-corrected chi connectivity index (χ4v) is 2.52. The SMILES string of the molecule is CCc1ccc(CN2CC(=O)NC(C(C)(C)C)C2=O)cc1. The maximum atomic E-state index is 12.6. The lowest BCUT2D eigenvalue weighted by Gasteiger charge is -2.38. The Bertz CT molecular complexity index is 529. The molecule has 0 radical (unpaired) electrons. The van der Waals surface area contributed by atoms with E-state index in [2.05, 4.69) is 24.4 Å². The second-order valence-corrected chi connectivity index (χ2v) is 6.73. The molecule has 1 saturated heterocycles. The van der Waals surface area contributed by atoms with Crippen molar-refractivity contribution < 1.29 is 9.59 Å². The molecule has 2 amide bonds. The number of carbonyl (C=O) groups is 2. The summed E-state index contributed by atoms with van der Waals surface area (Å²) < 4.78 is 0. The molecule has 1 N–H and O–H groups in total. The Labute approximate surface area is 126 Å². The molecular weight excluding hydrogens is 264 g/mol. The molecule has 1 aliphatic rings. The van der Waals surface area contributed by atoms with E-state index >= 15 is 0 Å². The molecule has 21 heavy (non-hydrogen) atoms. The number of nitrogens with one attached hydrogen (secondary N) is 1. The maximum Gasteiger partial charge on any atom is 0.246 e. The summed E-state index contributed by atoms with van der Waals surface area (Å²) in [6, 6.07) is 7.76. The van der Waals surface area contributed by atoms with Crippen molar-refractivity contribution in [2.75, 3.05) is 6.54 Å². The first kappa shape index (κ1) is 15.5. The van der Waals surface area contributed by atoms with Gasteiger partial charge in [-0.15, -0.1) is 0 Å². The van der Waals surface area contributed by atoms with Crippen LogP contribution in [0.1, 0.15) is 38.8 Å². The second-order valence-electron chi connectivity index (χ2n) is 6.73. The van der Waals surface area contributed by atoms with Crippen LogP contribution in [0.5, 0.6) is 0 Å². The summed E-state index contributed by atoms with van der Waals surface area (Å²) in [5, 5.41) is 2.81. The van der Waals surface area contributed by atoms with Crippen LogP contribution >= 0.6 is 0 Å². The number of carbonyl (C=O) groups excluding carboxylic acids is 2. The Morgan fingerprint density at radius 2 is 1.71 bits per heavy atom. The van der Waals surface area contributed by atoms with Gasteiger partial charge in [0.05, 0.1) is 6.54 Å². The van der Waals surface area contributed by atoms with Crippen LogP contribution in [0.3, 0.4) is 0 Å². The van der Waals surface area contributed by atoms with Crippen LogP contribution in [-0.2, 0) is 22.6 Å². The Morgan fingerprint density at radius 1 is 1.14 bits per heavy atom. The van der Waals surface area contributed by atoms with Crippen molar-refractivity contribution >= 4 is 11.8 Å². The third-order valence-electron chi connectivity index (χ3n) is 3.87. The molecule has 0 spiro atoms. The van der Waals surface area contributed by atoms with Gasteiger partial charge in [-0.2, -0.15) is 0 Å². The number of aryl methyl sites for hydroxylation is 1. The molecule has 1 fully saturated rings. The molecule has 0 aromatic heterocycles. The molecule has 0 saturated carbocycles. The van der Waals surface area contributed by atoms with Crippen molar-refractivity contribution in [1.82, 2.24) is 10.2 Å². The van der Waals surface area contributed by atoms with Gasteiger partial charge in [0.15, 0.2) is 0 Å². The fourth-order valence-electron chi connectivity index (χ4n) is 2.52. The monoisotopic (exact) mass is 288 g/mol. The van der Waals surface area contributed by atoms with Crippen molar-refractivity contribution in [2.24, 2.45) is 5.41 Å². The molecule has 1 aromatic carbocycles. The molecule has 1 heterocycles. The van der Waals surface area contributed by atoms with Gasteiger partial charge in [0.25, 0.3) is 0 Å². The van der Waals surface area contributed by atoms with Crippen molar-refractivity contribution in [2.45, 2.75) is 46.7 Å². The molecule has 1 atom stereocenters. The van der Waals surface area contributed by atoms with Gasteiger partial charge in [-0.1, -0.05) is 52.0 Å². The lowest BCUT2D eigenvalue weighted by Crippen LogP contribution is -2.61. The molecule has 0 aliphatic carbocycles. The van der Waals surface area contributed by atoms with Gasteiger partial charge in [-0.25, -0.2) is 0 Å². The number of amides is 2. The van der Waals surface area contributed by atoms with Crippen LogP contribution in [0.2, 0.25) is 0 Å². The third kappa shape index (κ3) is 3.63. The van der Waals surface area contributed by atoms with Crippen molar-refractivity contribution in [3.05, 3.63) is 35.4 Å². The highest BCUT2D eigenvalue weighted by molar-refractivity contribution is 5.95. The second kappa shape index (κ2) is 5.88. The molecule has 114 valence electrons. The summed E-state index contributed by atoms with van der Waals surface area (Å²) in [4.78, 5) is 26.1. The summed E-state index contributed by atoms with van der Waals surface area (Å²) in [5.41, 5.74) is 2.05. The summed E-state index contributed by atoms with van der Waals surface area (Å²) in [6.07, 6.45) is 0.997. The minimum Gasteiger partial charge on any atom is -0.342 e. The standard InChI is InChI=1S/C17H24N2O2/c1-5-12-6-8-13(9-7-12)10-19-11-14(20)18-15(16(19)21)17(2,3)4/h6-9,15H,5,10-11H2,1-4H3,(H,18,20). The molecular formula is C17H24N2O2. The Balaban J connectivity index is 2.14. The van der Waals surface area contributed by atoms with Gasteiger partial charge >= 0.3 is 0 Å². The average molecular weight is 288 g/mol. The van der Waals surface area contributed by atoms with Gasteiger partial charge in [0.1, 0.15) is 6.04 Å². The van der Waals surface area contributed by atoms with Gasteiger partial charge in [0.2, 0.25) is 11.8 Å². The number of rotatable bonds is 3. The lowest BCUT2D eigenvalue weighted by atomic mass is 9.84. The topological polar surface area (TPSA) is 49.4 Å². The van der Waals surface area contributed by atoms with Crippen LogP contribution in [0.15, 0.2) is 24.3 Å². The summed E-state index contributed by atoms with van der Waals surface area (Å²) >= 11 is 0. The first-order valence-corrected chi connectivity index (χ1v) is 7.47. The Kier molecular flexibility index (Phi) is 4.35. The highest BCUT2D eigenvalue weighted by Crippen LogP contribution is 2.24. The number of hydrogen-bond donors (Lipinski definition) is 1. The molecule has 2 rings (SSSR count). The number of nitrogens with zero attached hydrogens (tertiary/aromatic N) is 1. The zero-order chi connectivity index (χ0) is 15.6. The molecule has 1 unspecified atom stereocenters. The number of piperazine rings is 1. The number of hydrogen-bond acceptors (Lipinski definition) is 2. The normalized spacial score (nSPS) is 19.6. The van der Waals surface area contributed by atoms with E-state index in [1.54, 1.807) is 4.90 Å². The lowest BCUT2D eigenvalue weighted by molar-refractivity contribution is -0.147. The molecule has 1 aromatic rings. The Morgan fingerprint density at radius 3 is 2.24 bits per heavy atom. The van der Waals surface area contributed by atoms with E-state index in [9.17, 15) is 9.59 Å². The van der Waals surface area contributed by atoms with E-state index in [-0.39, 0.29) is 23.8 Å². The maximum absolute atomic E-state index is 12.6. The van der Waals surface area contributed by atoms with Gasteiger partial charge in [0, 0.05) is 6.54 Å². The zero-order valence-electron chi connectivity index (χ0n) is 13.3. The minimum absolute atomic E-state index is 0.00154. The molecule has 4 heteroatoms. The van der Waals surface area contributed by atoms with Crippen molar-refractivity contribution in [3.8, 4) is 0 Å². The van der Waals surface area contributed by atoms with Gasteiger partial charge in [-0.05, 0) is 23.0 Å². The van der Waals surface area contributed by atoms with E-state index in [0.29, 0.717) is 6.54 Å². The summed E-state index contributed by atoms with van der Waals surface area (Å²) in [7, 11) is 0. The first-order valence-electron chi connectivity index (χ1n) is 7.47. The van der Waals surface area contributed by atoms with Crippen LogP contribution in [0.25, 0.3) is 0 Å². The van der Waals surface area contributed by atoms with Crippen LogP contribution in [0.4, 0.5) is 0 Å². The summed E-state index contributed by atoms with van der Waals surface area (Å²) in [6.45, 7) is 8.64. The largest absolute Gasteiger partial charge is 0.342 e. The Hall–Kier alpha value is -1.84. The fraction of sp³-hybridized carbons (Fsp3) is 0.529.